The second-order valence-electron chi connectivity index (χ2n) is 4.83. The van der Waals surface area contributed by atoms with Crippen LogP contribution in [0.5, 0.6) is 0 Å². The molecule has 0 unspecified atom stereocenters. The number of amidine groups is 1. The second-order valence-corrected chi connectivity index (χ2v) is 5.24. The van der Waals surface area contributed by atoms with Crippen molar-refractivity contribution in [2.75, 3.05) is 10.8 Å². The Morgan fingerprint density at radius 1 is 1.44 bits per heavy atom. The molecule has 0 aliphatic carbocycles. The topological polar surface area (TPSA) is 156 Å². The Hall–Kier alpha value is -3.12. The van der Waals surface area contributed by atoms with E-state index in [0.29, 0.717) is 5.06 Å². The number of anilines is 2. The molecule has 0 spiro atoms. The van der Waals surface area contributed by atoms with Crippen molar-refractivity contribution in [3.8, 4) is 0 Å². The summed E-state index contributed by atoms with van der Waals surface area (Å²) in [6.45, 7) is 0.265. The van der Waals surface area contributed by atoms with Crippen molar-refractivity contribution in [2.24, 2.45) is 0 Å². The molecule has 0 saturated carbocycles. The smallest absolute Gasteiger partial charge is 0.240 e. The first-order valence-corrected chi connectivity index (χ1v) is 7.21. The molecule has 1 aromatic carbocycles. The molecule has 0 fully saturated rings. The Bertz CT molecular complexity index is 912. The third kappa shape index (κ3) is 3.39. The Morgan fingerprint density at radius 2 is 2.24 bits per heavy atom. The van der Waals surface area contributed by atoms with Crippen LogP contribution in [0.1, 0.15) is 11.4 Å². The number of hydrogen-bond donors (Lipinski definition) is 3. The van der Waals surface area contributed by atoms with E-state index < -0.39 is 11.7 Å². The van der Waals surface area contributed by atoms with Crippen LogP contribution < -0.4 is 10.8 Å². The van der Waals surface area contributed by atoms with Gasteiger partial charge in [0.25, 0.3) is 0 Å². The zero-order chi connectivity index (χ0) is 18.0. The van der Waals surface area contributed by atoms with Crippen molar-refractivity contribution in [3.63, 3.8) is 0 Å². The van der Waals surface area contributed by atoms with Gasteiger partial charge in [-0.15, -0.1) is 0 Å². The number of hydrogen-bond acceptors (Lipinski definition) is 9. The van der Waals surface area contributed by atoms with Crippen LogP contribution in [-0.4, -0.2) is 41.6 Å². The average Bonchev–Trinajstić information content (AvgIpc) is 3.22. The second kappa shape index (κ2) is 6.78. The Balaban J connectivity index is 1.77. The van der Waals surface area contributed by atoms with Gasteiger partial charge in [0.05, 0.1) is 17.3 Å². The molecule has 0 bridgehead atoms. The van der Waals surface area contributed by atoms with Gasteiger partial charge in [0.1, 0.15) is 11.5 Å². The number of benzene rings is 1. The van der Waals surface area contributed by atoms with Crippen LogP contribution in [0, 0.1) is 11.2 Å². The quantitative estimate of drug-likeness (QED) is 0.338. The molecule has 0 aliphatic rings. The number of hydroxylamine groups is 1. The van der Waals surface area contributed by atoms with E-state index in [1.807, 2.05) is 0 Å². The molecule has 3 rings (SSSR count). The minimum atomic E-state index is -0.645. The summed E-state index contributed by atoms with van der Waals surface area (Å²) in [6.07, 6.45) is 0.245. The van der Waals surface area contributed by atoms with E-state index in [4.69, 9.17) is 22.7 Å². The average molecular weight is 368 g/mol. The van der Waals surface area contributed by atoms with Crippen LogP contribution in [0.25, 0.3) is 0 Å². The highest BCUT2D eigenvalue weighted by molar-refractivity contribution is 6.31. The lowest BCUT2D eigenvalue weighted by molar-refractivity contribution is 0.297. The summed E-state index contributed by atoms with van der Waals surface area (Å²) in [4.78, 5) is 0. The van der Waals surface area contributed by atoms with Crippen molar-refractivity contribution < 1.29 is 14.2 Å². The molecule has 0 amide bonds. The van der Waals surface area contributed by atoms with Gasteiger partial charge in [-0.2, -0.15) is 0 Å². The molecule has 3 aromatic rings. The predicted molar refractivity (Wildman–Crippen MR) is 82.7 cm³/mol. The number of nitrogen functional groups attached to an aromatic ring is 1. The molecule has 11 nitrogen and oxygen atoms in total. The molecule has 2 aromatic heterocycles. The molecule has 13 heteroatoms. The van der Waals surface area contributed by atoms with E-state index in [1.165, 1.54) is 16.8 Å². The number of nitrogens with one attached hydrogen (secondary N) is 1. The van der Waals surface area contributed by atoms with E-state index >= 15 is 0 Å². The molecule has 0 radical (unpaired) electrons. The third-order valence-electron chi connectivity index (χ3n) is 3.26. The van der Waals surface area contributed by atoms with E-state index in [0.717, 1.165) is 6.07 Å². The summed E-state index contributed by atoms with van der Waals surface area (Å²) in [7, 11) is 0. The zero-order valence-electron chi connectivity index (χ0n) is 12.5. The maximum Gasteiger partial charge on any atom is 0.240 e. The number of aromatic nitrogens is 6. The molecule has 0 aliphatic heterocycles. The maximum atomic E-state index is 13.2. The highest BCUT2D eigenvalue weighted by Crippen LogP contribution is 2.23. The first kappa shape index (κ1) is 16.7. The number of tetrazole rings is 1. The fourth-order valence-electron chi connectivity index (χ4n) is 1.98. The van der Waals surface area contributed by atoms with Crippen molar-refractivity contribution in [3.05, 3.63) is 40.4 Å². The third-order valence-corrected chi connectivity index (χ3v) is 3.55. The van der Waals surface area contributed by atoms with Crippen LogP contribution in [0.2, 0.25) is 5.02 Å². The van der Waals surface area contributed by atoms with Crippen LogP contribution in [-0.2, 0) is 13.0 Å². The lowest BCUT2D eigenvalue weighted by atomic mass is 10.2. The van der Waals surface area contributed by atoms with Crippen molar-refractivity contribution >= 4 is 29.1 Å². The highest BCUT2D eigenvalue weighted by atomic mass is 35.5. The van der Waals surface area contributed by atoms with E-state index in [2.05, 4.69) is 30.5 Å². The van der Waals surface area contributed by atoms with Crippen LogP contribution in [0.15, 0.2) is 22.8 Å². The lowest BCUT2D eigenvalue weighted by Gasteiger charge is -2.16. The molecule has 0 saturated heterocycles. The van der Waals surface area contributed by atoms with E-state index in [-0.39, 0.29) is 41.0 Å². The molecule has 4 N–H and O–H groups in total. The summed E-state index contributed by atoms with van der Waals surface area (Å²) < 4.78 is 19.2. The predicted octanol–water partition coefficient (Wildman–Crippen LogP) is 0.895. The van der Waals surface area contributed by atoms with Crippen molar-refractivity contribution in [2.45, 2.75) is 13.0 Å². The molecule has 130 valence electrons. The van der Waals surface area contributed by atoms with Gasteiger partial charge in [-0.3, -0.25) is 10.6 Å². The molecular formula is C12H11ClFN9O2. The van der Waals surface area contributed by atoms with Gasteiger partial charge < -0.3 is 5.73 Å². The summed E-state index contributed by atoms with van der Waals surface area (Å²) >= 11 is 5.68. The van der Waals surface area contributed by atoms with Gasteiger partial charge in [-0.1, -0.05) is 21.9 Å². The largest absolute Gasteiger partial charge is 0.367 e. The highest BCUT2D eigenvalue weighted by Gasteiger charge is 2.21. The number of aryl methyl sites for hydroxylation is 2. The molecular weight excluding hydrogens is 357 g/mol. The number of rotatable bonds is 5. The summed E-state index contributed by atoms with van der Waals surface area (Å²) in [5.74, 6) is -0.949. The minimum Gasteiger partial charge on any atom is -0.367 e. The SMILES string of the molecule is N=C(c1nonc1CCn1nnnc1N)N(O)c1ccc(F)c(Cl)c1. The van der Waals surface area contributed by atoms with Gasteiger partial charge in [0.2, 0.25) is 5.95 Å². The van der Waals surface area contributed by atoms with Gasteiger partial charge >= 0.3 is 0 Å². The minimum absolute atomic E-state index is 0.00501. The fourth-order valence-corrected chi connectivity index (χ4v) is 2.15. The van der Waals surface area contributed by atoms with Crippen LogP contribution in [0.3, 0.4) is 0 Å². The monoisotopic (exact) mass is 367 g/mol. The fraction of sp³-hybridized carbons (Fsp3) is 0.167. The van der Waals surface area contributed by atoms with E-state index in [1.54, 1.807) is 0 Å². The molecule has 2 heterocycles. The van der Waals surface area contributed by atoms with Crippen molar-refractivity contribution in [1.29, 1.82) is 5.41 Å². The van der Waals surface area contributed by atoms with Crippen LogP contribution >= 0.6 is 11.6 Å². The van der Waals surface area contributed by atoms with Gasteiger partial charge in [-0.05, 0) is 33.8 Å². The lowest BCUT2D eigenvalue weighted by Crippen LogP contribution is -2.28. The zero-order valence-corrected chi connectivity index (χ0v) is 13.2. The Kier molecular flexibility index (Phi) is 4.54. The normalized spacial score (nSPS) is 10.8. The number of nitrogens with zero attached hydrogens (tertiary/aromatic N) is 7. The number of nitrogens with two attached hydrogens (primary N) is 1. The maximum absolute atomic E-state index is 13.2. The van der Waals surface area contributed by atoms with Gasteiger partial charge in [0, 0.05) is 6.42 Å². The van der Waals surface area contributed by atoms with E-state index in [9.17, 15) is 9.60 Å². The Labute approximate surface area is 144 Å². The van der Waals surface area contributed by atoms with Crippen LogP contribution in [0.4, 0.5) is 16.0 Å². The molecule has 25 heavy (non-hydrogen) atoms. The summed E-state index contributed by atoms with van der Waals surface area (Å²) in [6, 6.07) is 3.49. The number of halogens is 2. The first-order valence-electron chi connectivity index (χ1n) is 6.83. The van der Waals surface area contributed by atoms with Gasteiger partial charge in [-0.25, -0.2) is 18.8 Å². The first-order chi connectivity index (χ1) is 12.0. The molecule has 0 atom stereocenters. The van der Waals surface area contributed by atoms with Gasteiger partial charge in [0.15, 0.2) is 11.5 Å². The summed E-state index contributed by atoms with van der Waals surface area (Å²) in [5, 5.41) is 36.4. The summed E-state index contributed by atoms with van der Waals surface area (Å²) in [5.41, 5.74) is 5.92. The van der Waals surface area contributed by atoms with Crippen molar-refractivity contribution in [1.82, 2.24) is 30.5 Å². The Morgan fingerprint density at radius 3 is 2.92 bits per heavy atom. The standard InChI is InChI=1S/C12H11ClFN9O2/c13-7-5-6(1-2-8(7)14)23(24)11(15)10-9(18-25-19-10)3-4-22-12(16)17-20-21-22/h1-2,5,15,24H,3-4H2,(H2,16,17,21).